The summed E-state index contributed by atoms with van der Waals surface area (Å²) in [5, 5.41) is 3.04. The van der Waals surface area contributed by atoms with Gasteiger partial charge in [-0.2, -0.15) is 0 Å². The molecule has 0 radical (unpaired) electrons. The molecule has 1 aliphatic heterocycles. The molecule has 7 heteroatoms. The molecule has 5 nitrogen and oxygen atoms in total. The quantitative estimate of drug-likeness (QED) is 0.864. The van der Waals surface area contributed by atoms with E-state index in [1.807, 2.05) is 0 Å². The van der Waals surface area contributed by atoms with Gasteiger partial charge in [0, 0.05) is 12.2 Å². The van der Waals surface area contributed by atoms with Crippen LogP contribution in [0, 0.1) is 5.41 Å². The number of pyridine rings is 1. The highest BCUT2D eigenvalue weighted by Gasteiger charge is 2.32. The van der Waals surface area contributed by atoms with Gasteiger partial charge in [-0.3, -0.25) is 4.79 Å². The van der Waals surface area contributed by atoms with Gasteiger partial charge in [-0.25, -0.2) is 13.8 Å². The fraction of sp³-hybridized carbons (Fsp3) is 0.647. The van der Waals surface area contributed by atoms with Crippen LogP contribution >= 0.6 is 0 Å². The van der Waals surface area contributed by atoms with Gasteiger partial charge in [0.1, 0.15) is 6.61 Å². The molecule has 0 saturated carbocycles. The summed E-state index contributed by atoms with van der Waals surface area (Å²) in [4.78, 5) is 18.6. The zero-order valence-corrected chi connectivity index (χ0v) is 14.4. The number of amides is 1. The van der Waals surface area contributed by atoms with E-state index in [0.29, 0.717) is 0 Å². The number of halogens is 2. The lowest BCUT2D eigenvalue weighted by atomic mass is 9.92. The lowest BCUT2D eigenvalue weighted by Gasteiger charge is -2.32. The molecule has 1 amide bonds. The second-order valence-corrected chi connectivity index (χ2v) is 6.92. The molecular weight excluding hydrogens is 316 g/mol. The smallest absolute Gasteiger partial charge is 0.269 e. The zero-order valence-electron chi connectivity index (χ0n) is 14.4. The number of hydrogen-bond donors (Lipinski definition) is 1. The van der Waals surface area contributed by atoms with Crippen LogP contribution in [0.1, 0.15) is 38.7 Å². The maximum Gasteiger partial charge on any atom is 0.269 e. The number of carbonyl (C=O) groups excluding carboxylic acids is 1. The Kier molecular flexibility index (Phi) is 6.10. The number of likely N-dealkylation sites (tertiary alicyclic amines) is 1. The van der Waals surface area contributed by atoms with E-state index < -0.39 is 11.8 Å². The molecule has 0 aromatic carbocycles. The average molecular weight is 341 g/mol. The van der Waals surface area contributed by atoms with Crippen molar-refractivity contribution in [3.05, 3.63) is 23.9 Å². The molecule has 0 spiro atoms. The average Bonchev–Trinajstić information content (AvgIpc) is 2.55. The Bertz CT molecular complexity index is 559. The van der Waals surface area contributed by atoms with Crippen LogP contribution in [0.5, 0.6) is 5.88 Å². The van der Waals surface area contributed by atoms with E-state index in [2.05, 4.69) is 22.2 Å². The van der Waals surface area contributed by atoms with Crippen LogP contribution in [0.2, 0.25) is 0 Å². The first-order valence-electron chi connectivity index (χ1n) is 8.15. The zero-order chi connectivity index (χ0) is 17.7. The summed E-state index contributed by atoms with van der Waals surface area (Å²) >= 11 is 0. The number of piperidine rings is 1. The molecule has 134 valence electrons. The van der Waals surface area contributed by atoms with E-state index in [1.54, 1.807) is 13.8 Å². The molecule has 1 aromatic heterocycles. The van der Waals surface area contributed by atoms with Crippen LogP contribution in [-0.4, -0.2) is 48.6 Å². The number of ether oxygens (including phenoxy) is 1. The van der Waals surface area contributed by atoms with Gasteiger partial charge >= 0.3 is 0 Å². The van der Waals surface area contributed by atoms with E-state index in [0.717, 1.165) is 25.9 Å². The van der Waals surface area contributed by atoms with Crippen molar-refractivity contribution in [1.82, 2.24) is 15.2 Å². The van der Waals surface area contributed by atoms with Crippen LogP contribution < -0.4 is 10.1 Å². The van der Waals surface area contributed by atoms with E-state index >= 15 is 0 Å². The molecule has 1 aliphatic rings. The van der Waals surface area contributed by atoms with Crippen molar-refractivity contribution in [2.45, 2.75) is 39.2 Å². The van der Waals surface area contributed by atoms with Crippen molar-refractivity contribution in [3.8, 4) is 5.88 Å². The summed E-state index contributed by atoms with van der Waals surface area (Å²) in [5.41, 5.74) is -1.09. The third-order valence-electron chi connectivity index (χ3n) is 4.27. The Labute approximate surface area is 141 Å². The van der Waals surface area contributed by atoms with E-state index in [-0.39, 0.29) is 30.0 Å². The predicted octanol–water partition coefficient (Wildman–Crippen LogP) is 2.63. The van der Waals surface area contributed by atoms with Crippen molar-refractivity contribution in [1.29, 1.82) is 0 Å². The summed E-state index contributed by atoms with van der Waals surface area (Å²) < 4.78 is 31.3. The van der Waals surface area contributed by atoms with Gasteiger partial charge in [-0.1, -0.05) is 0 Å². The Hall–Kier alpha value is -1.76. The number of hydrogen-bond acceptors (Lipinski definition) is 4. The highest BCUT2D eigenvalue weighted by atomic mass is 19.3. The topological polar surface area (TPSA) is 54.5 Å². The van der Waals surface area contributed by atoms with Gasteiger partial charge < -0.3 is 15.0 Å². The lowest BCUT2D eigenvalue weighted by Crippen LogP contribution is -2.49. The number of aromatic nitrogens is 1. The monoisotopic (exact) mass is 341 g/mol. The van der Waals surface area contributed by atoms with Gasteiger partial charge in [-0.05, 0) is 59.0 Å². The molecule has 1 fully saturated rings. The predicted molar refractivity (Wildman–Crippen MR) is 87.1 cm³/mol. The molecule has 2 rings (SSSR count). The first-order valence-corrected chi connectivity index (χ1v) is 8.15. The van der Waals surface area contributed by atoms with Crippen LogP contribution in [0.25, 0.3) is 0 Å². The second kappa shape index (κ2) is 7.88. The van der Waals surface area contributed by atoms with Gasteiger partial charge in [0.05, 0.1) is 11.0 Å². The number of nitrogens with zero attached hydrogens (tertiary/aromatic N) is 2. The molecule has 1 N–H and O–H groups in total. The molecule has 0 aliphatic carbocycles. The Morgan fingerprint density at radius 2 is 2.12 bits per heavy atom. The second-order valence-electron chi connectivity index (χ2n) is 6.92. The normalized spacial score (nSPS) is 17.1. The van der Waals surface area contributed by atoms with Gasteiger partial charge in [0.25, 0.3) is 6.43 Å². The molecule has 2 heterocycles. The SMILES string of the molecule is CN1CCC(NC(=O)C(C)(C)COc2ncccc2C(F)F)CC1. The van der Waals surface area contributed by atoms with Crippen molar-refractivity contribution in [3.63, 3.8) is 0 Å². The molecule has 24 heavy (non-hydrogen) atoms. The first kappa shape index (κ1) is 18.6. The minimum absolute atomic E-state index is 0.0117. The third kappa shape index (κ3) is 4.87. The maximum absolute atomic E-state index is 12.9. The Morgan fingerprint density at radius 3 is 2.75 bits per heavy atom. The molecule has 1 saturated heterocycles. The number of carbonyl (C=O) groups is 1. The summed E-state index contributed by atoms with van der Waals surface area (Å²) in [6.45, 7) is 5.37. The molecule has 0 bridgehead atoms. The van der Waals surface area contributed by atoms with E-state index in [9.17, 15) is 13.6 Å². The van der Waals surface area contributed by atoms with E-state index in [4.69, 9.17) is 4.74 Å². The molecule has 0 atom stereocenters. The van der Waals surface area contributed by atoms with Crippen LogP contribution in [0.15, 0.2) is 18.3 Å². The van der Waals surface area contributed by atoms with Crippen molar-refractivity contribution >= 4 is 5.91 Å². The third-order valence-corrected chi connectivity index (χ3v) is 4.27. The van der Waals surface area contributed by atoms with Gasteiger partial charge in [0.2, 0.25) is 11.8 Å². The van der Waals surface area contributed by atoms with Crippen molar-refractivity contribution in [2.75, 3.05) is 26.7 Å². The van der Waals surface area contributed by atoms with E-state index in [1.165, 1.54) is 18.3 Å². The fourth-order valence-electron chi connectivity index (χ4n) is 2.54. The van der Waals surface area contributed by atoms with Crippen molar-refractivity contribution in [2.24, 2.45) is 5.41 Å². The number of alkyl halides is 2. The van der Waals surface area contributed by atoms with Crippen LogP contribution in [0.3, 0.4) is 0 Å². The Morgan fingerprint density at radius 1 is 1.46 bits per heavy atom. The summed E-state index contributed by atoms with van der Waals surface area (Å²) in [6, 6.07) is 2.87. The molecule has 0 unspecified atom stereocenters. The number of rotatable bonds is 6. The minimum Gasteiger partial charge on any atom is -0.476 e. The van der Waals surface area contributed by atoms with Crippen LogP contribution in [0.4, 0.5) is 8.78 Å². The summed E-state index contributed by atoms with van der Waals surface area (Å²) in [7, 11) is 2.06. The maximum atomic E-state index is 12.9. The fourth-order valence-corrected chi connectivity index (χ4v) is 2.54. The highest BCUT2D eigenvalue weighted by molar-refractivity contribution is 5.82. The Balaban J connectivity index is 1.92. The van der Waals surface area contributed by atoms with Gasteiger partial charge in [0.15, 0.2) is 0 Å². The lowest BCUT2D eigenvalue weighted by molar-refractivity contribution is -0.132. The standard InChI is InChI=1S/C17H25F2N3O2/c1-17(2,16(23)21-12-6-9-22(3)10-7-12)11-24-15-13(14(18)19)5-4-8-20-15/h4-5,8,12,14H,6-7,9-11H2,1-3H3,(H,21,23). The molecule has 1 aromatic rings. The highest BCUT2D eigenvalue weighted by Crippen LogP contribution is 2.28. The first-order chi connectivity index (χ1) is 11.3. The summed E-state index contributed by atoms with van der Waals surface area (Å²) in [6.07, 6.45) is 0.557. The minimum atomic E-state index is -2.66. The molecular formula is C17H25F2N3O2. The largest absolute Gasteiger partial charge is 0.476 e. The van der Waals surface area contributed by atoms with Crippen LogP contribution in [-0.2, 0) is 4.79 Å². The summed E-state index contributed by atoms with van der Waals surface area (Å²) in [5.74, 6) is -0.251. The van der Waals surface area contributed by atoms with Gasteiger partial charge in [-0.15, -0.1) is 0 Å². The number of nitrogens with one attached hydrogen (secondary N) is 1. The van der Waals surface area contributed by atoms with Crippen molar-refractivity contribution < 1.29 is 18.3 Å².